The minimum Gasteiger partial charge on any atom is -0.497 e. The summed E-state index contributed by atoms with van der Waals surface area (Å²) in [6.45, 7) is 2.08. The van der Waals surface area contributed by atoms with Gasteiger partial charge < -0.3 is 14.2 Å². The quantitative estimate of drug-likeness (QED) is 0.0491. The highest BCUT2D eigenvalue weighted by molar-refractivity contribution is 5.89. The lowest BCUT2D eigenvalue weighted by Crippen LogP contribution is -2.20. The number of methoxy groups -OCH3 is 1. The zero-order valence-electron chi connectivity index (χ0n) is 23.7. The van der Waals surface area contributed by atoms with Gasteiger partial charge in [-0.05, 0) is 78.7 Å². The van der Waals surface area contributed by atoms with Gasteiger partial charge in [0.1, 0.15) is 5.75 Å². The van der Waals surface area contributed by atoms with Crippen molar-refractivity contribution in [1.29, 1.82) is 0 Å². The van der Waals surface area contributed by atoms with Crippen LogP contribution in [0.4, 0.5) is 5.69 Å². The highest BCUT2D eigenvalue weighted by atomic mass is 16.6. The van der Waals surface area contributed by atoms with E-state index in [1.54, 1.807) is 80.8 Å². The van der Waals surface area contributed by atoms with Crippen LogP contribution in [0.5, 0.6) is 17.2 Å². The highest BCUT2D eigenvalue weighted by Crippen LogP contribution is 2.29. The molecule has 220 valence electrons. The van der Waals surface area contributed by atoms with Gasteiger partial charge >= 0.3 is 5.97 Å². The number of rotatable bonds is 10. The van der Waals surface area contributed by atoms with Crippen LogP contribution in [-0.2, 0) is 4.79 Å². The minimum atomic E-state index is -0.697. The molecule has 0 saturated carbocycles. The molecule has 0 radical (unpaired) electrons. The first-order valence-electron chi connectivity index (χ1n) is 13.5. The van der Waals surface area contributed by atoms with Gasteiger partial charge in [-0.1, -0.05) is 24.3 Å². The monoisotopic (exact) mass is 590 g/mol. The fourth-order valence-corrected chi connectivity index (χ4v) is 4.29. The molecule has 0 bridgehead atoms. The second-order valence-corrected chi connectivity index (χ2v) is 9.29. The van der Waals surface area contributed by atoms with Gasteiger partial charge in [0.05, 0.1) is 35.8 Å². The van der Waals surface area contributed by atoms with Gasteiger partial charge in [-0.2, -0.15) is 9.78 Å². The molecule has 5 aromatic rings. The van der Waals surface area contributed by atoms with E-state index in [9.17, 15) is 19.7 Å². The molecule has 5 rings (SSSR count). The van der Waals surface area contributed by atoms with Crippen LogP contribution in [0, 0.1) is 10.1 Å². The van der Waals surface area contributed by atoms with Gasteiger partial charge in [0.15, 0.2) is 17.3 Å². The Hall–Kier alpha value is -6.10. The Morgan fingerprint density at radius 3 is 2.52 bits per heavy atom. The van der Waals surface area contributed by atoms with E-state index in [1.807, 2.05) is 6.07 Å². The predicted octanol–water partition coefficient (Wildman–Crippen LogP) is 5.88. The summed E-state index contributed by atoms with van der Waals surface area (Å²) in [5.41, 5.74) is 1.82. The maximum absolute atomic E-state index is 13.5. The molecule has 0 amide bonds. The average molecular weight is 591 g/mol. The van der Waals surface area contributed by atoms with Crippen molar-refractivity contribution in [3.8, 4) is 28.6 Å². The third-order valence-corrected chi connectivity index (χ3v) is 6.40. The van der Waals surface area contributed by atoms with Crippen molar-refractivity contribution in [1.82, 2.24) is 9.66 Å². The molecular formula is C33H26N4O7. The van der Waals surface area contributed by atoms with Gasteiger partial charge in [0.25, 0.3) is 11.2 Å². The number of nitro benzene ring substituents is 1. The van der Waals surface area contributed by atoms with Crippen molar-refractivity contribution in [2.45, 2.75) is 6.92 Å². The normalized spacial score (nSPS) is 11.2. The third kappa shape index (κ3) is 6.68. The number of para-hydroxylation sites is 1. The van der Waals surface area contributed by atoms with Crippen molar-refractivity contribution >= 4 is 34.9 Å². The number of esters is 1. The Balaban J connectivity index is 1.43. The summed E-state index contributed by atoms with van der Waals surface area (Å²) in [5.74, 6) is 0.764. The summed E-state index contributed by atoms with van der Waals surface area (Å²) < 4.78 is 17.7. The van der Waals surface area contributed by atoms with Crippen molar-refractivity contribution in [2.24, 2.45) is 5.10 Å². The van der Waals surface area contributed by atoms with E-state index in [0.29, 0.717) is 45.8 Å². The van der Waals surface area contributed by atoms with Crippen molar-refractivity contribution < 1.29 is 23.9 Å². The number of carbonyl (C=O) groups excluding carboxylic acids is 1. The first kappa shape index (κ1) is 29.4. The van der Waals surface area contributed by atoms with E-state index in [2.05, 4.69) is 5.10 Å². The molecule has 0 saturated heterocycles. The first-order valence-corrected chi connectivity index (χ1v) is 13.5. The topological polar surface area (TPSA) is 135 Å². The molecule has 0 spiro atoms. The summed E-state index contributed by atoms with van der Waals surface area (Å²) in [5, 5.41) is 15.9. The number of hydrogen-bond acceptors (Lipinski definition) is 9. The zero-order chi connectivity index (χ0) is 31.1. The maximum Gasteiger partial charge on any atom is 0.336 e. The number of benzene rings is 4. The van der Waals surface area contributed by atoms with E-state index in [0.717, 1.165) is 0 Å². The lowest BCUT2D eigenvalue weighted by molar-refractivity contribution is -0.384. The van der Waals surface area contributed by atoms with Crippen molar-refractivity contribution in [3.05, 3.63) is 129 Å². The summed E-state index contributed by atoms with van der Waals surface area (Å²) in [7, 11) is 1.57. The fourth-order valence-electron chi connectivity index (χ4n) is 4.29. The lowest BCUT2D eigenvalue weighted by Gasteiger charge is -2.11. The Morgan fingerprint density at radius 2 is 1.77 bits per heavy atom. The SMILES string of the molecule is CCOc1cc(C=Nn2c(-c3ccc(OC)cc3)nc3ccccc3c2=O)ccc1OC(=O)/C=C/c1cccc([N+](=O)[O-])c1. The van der Waals surface area contributed by atoms with E-state index >= 15 is 0 Å². The number of hydrogen-bond donors (Lipinski definition) is 0. The summed E-state index contributed by atoms with van der Waals surface area (Å²) in [4.78, 5) is 41.2. The summed E-state index contributed by atoms with van der Waals surface area (Å²) >= 11 is 0. The predicted molar refractivity (Wildman–Crippen MR) is 166 cm³/mol. The molecule has 0 aliphatic heterocycles. The van der Waals surface area contributed by atoms with E-state index in [4.69, 9.17) is 19.2 Å². The Labute approximate surface area is 251 Å². The molecule has 0 aliphatic carbocycles. The van der Waals surface area contributed by atoms with Crippen LogP contribution in [0.3, 0.4) is 0 Å². The molecule has 11 heteroatoms. The molecule has 1 heterocycles. The van der Waals surface area contributed by atoms with Crippen molar-refractivity contribution in [2.75, 3.05) is 13.7 Å². The number of carbonyl (C=O) groups is 1. The first-order chi connectivity index (χ1) is 21.4. The summed E-state index contributed by atoms with van der Waals surface area (Å²) in [6.07, 6.45) is 4.08. The van der Waals surface area contributed by atoms with Crippen LogP contribution < -0.4 is 19.8 Å². The smallest absolute Gasteiger partial charge is 0.336 e. The lowest BCUT2D eigenvalue weighted by atomic mass is 10.2. The van der Waals surface area contributed by atoms with Crippen molar-refractivity contribution in [3.63, 3.8) is 0 Å². The molecule has 0 atom stereocenters. The molecular weight excluding hydrogens is 564 g/mol. The molecule has 4 aromatic carbocycles. The van der Waals surface area contributed by atoms with Crippen LogP contribution in [0.2, 0.25) is 0 Å². The Morgan fingerprint density at radius 1 is 0.977 bits per heavy atom. The summed E-state index contributed by atoms with van der Waals surface area (Å²) in [6, 6.07) is 24.9. The number of aromatic nitrogens is 2. The number of ether oxygens (including phenoxy) is 3. The third-order valence-electron chi connectivity index (χ3n) is 6.40. The van der Waals surface area contributed by atoms with Crippen LogP contribution in [-0.4, -0.2) is 40.5 Å². The number of nitrogens with zero attached hydrogens (tertiary/aromatic N) is 4. The van der Waals surface area contributed by atoms with Gasteiger partial charge in [-0.25, -0.2) is 9.78 Å². The van der Waals surface area contributed by atoms with Gasteiger partial charge in [-0.3, -0.25) is 14.9 Å². The number of nitro groups is 1. The van der Waals surface area contributed by atoms with E-state index in [-0.39, 0.29) is 22.7 Å². The zero-order valence-corrected chi connectivity index (χ0v) is 23.7. The largest absolute Gasteiger partial charge is 0.497 e. The van der Waals surface area contributed by atoms with E-state index < -0.39 is 10.9 Å². The van der Waals surface area contributed by atoms with Crippen LogP contribution in [0.15, 0.2) is 107 Å². The standard InChI is InChI=1S/C33H26N4O7/c1-3-43-30-20-23(11-17-29(30)44-31(38)18-12-22-7-6-8-25(19-22)37(40)41)21-34-36-32(24-13-15-26(42-2)16-14-24)35-28-10-5-4-9-27(28)33(36)39/h4-21H,3H2,1-2H3/b18-12+,34-21?. The Kier molecular flexibility index (Phi) is 8.85. The molecule has 0 aliphatic rings. The average Bonchev–Trinajstić information content (AvgIpc) is 3.04. The maximum atomic E-state index is 13.5. The molecule has 0 N–H and O–H groups in total. The highest BCUT2D eigenvalue weighted by Gasteiger charge is 2.14. The molecule has 44 heavy (non-hydrogen) atoms. The second-order valence-electron chi connectivity index (χ2n) is 9.29. The number of non-ortho nitro benzene ring substituents is 1. The Bertz CT molecular complexity index is 1960. The van der Waals surface area contributed by atoms with Crippen LogP contribution in [0.1, 0.15) is 18.1 Å². The van der Waals surface area contributed by atoms with Crippen LogP contribution >= 0.6 is 0 Å². The number of fused-ring (bicyclic) bond motifs is 1. The van der Waals surface area contributed by atoms with E-state index in [1.165, 1.54) is 41.2 Å². The molecule has 0 fully saturated rings. The van der Waals surface area contributed by atoms with Crippen LogP contribution in [0.25, 0.3) is 28.4 Å². The van der Waals surface area contributed by atoms with Gasteiger partial charge in [-0.15, -0.1) is 0 Å². The van der Waals surface area contributed by atoms with Gasteiger partial charge in [0, 0.05) is 23.8 Å². The minimum absolute atomic E-state index is 0.0887. The second kappa shape index (κ2) is 13.3. The molecule has 1 aromatic heterocycles. The van der Waals surface area contributed by atoms with Gasteiger partial charge in [0.2, 0.25) is 0 Å². The fraction of sp³-hybridized carbons (Fsp3) is 0.0909. The molecule has 11 nitrogen and oxygen atoms in total. The molecule has 0 unspecified atom stereocenters.